The third-order valence-corrected chi connectivity index (χ3v) is 10.2. The van der Waals surface area contributed by atoms with Crippen LogP contribution >= 0.6 is 0 Å². The largest absolute Gasteiger partial charge is 0.508 e. The maximum absolute atomic E-state index is 16.8. The second kappa shape index (κ2) is 11.5. The highest BCUT2D eigenvalue weighted by Crippen LogP contribution is 2.42. The van der Waals surface area contributed by atoms with E-state index in [-0.39, 0.29) is 65.9 Å². The molecule has 2 aromatic heterocycles. The van der Waals surface area contributed by atoms with Crippen LogP contribution in [0.5, 0.6) is 11.8 Å². The first kappa shape index (κ1) is 30.8. The minimum absolute atomic E-state index is 0.0240. The Kier molecular flexibility index (Phi) is 7.69. The molecule has 3 saturated heterocycles. The van der Waals surface area contributed by atoms with Gasteiger partial charge in [-0.3, -0.25) is 9.88 Å². The number of anilines is 1. The van der Waals surface area contributed by atoms with E-state index in [0.717, 1.165) is 19.4 Å². The molecule has 1 N–H and O–H groups in total. The fourth-order valence-corrected chi connectivity index (χ4v) is 7.61. The second-order valence-corrected chi connectivity index (χ2v) is 13.0. The van der Waals surface area contributed by atoms with Gasteiger partial charge >= 0.3 is 6.01 Å². The topological polar surface area (TPSA) is 74.6 Å². The first-order valence-corrected chi connectivity index (χ1v) is 15.9. The van der Waals surface area contributed by atoms with Crippen LogP contribution in [0.15, 0.2) is 30.5 Å². The van der Waals surface area contributed by atoms with Crippen molar-refractivity contribution in [3.05, 3.63) is 47.7 Å². The average molecular weight is 642 g/mol. The van der Waals surface area contributed by atoms with Crippen LogP contribution in [-0.4, -0.2) is 75.4 Å². The second-order valence-electron chi connectivity index (χ2n) is 13.0. The van der Waals surface area contributed by atoms with Crippen molar-refractivity contribution < 1.29 is 31.8 Å². The van der Waals surface area contributed by atoms with Crippen LogP contribution in [-0.2, 0) is 6.42 Å². The van der Waals surface area contributed by atoms with Gasteiger partial charge in [0.25, 0.3) is 5.92 Å². The van der Waals surface area contributed by atoms with E-state index < -0.39 is 41.6 Å². The number of rotatable bonds is 6. The molecule has 7 rings (SSSR count). The van der Waals surface area contributed by atoms with E-state index in [1.807, 2.05) is 0 Å². The van der Waals surface area contributed by atoms with Gasteiger partial charge < -0.3 is 14.7 Å². The minimum Gasteiger partial charge on any atom is -0.508 e. The molecule has 2 aromatic carbocycles. The van der Waals surface area contributed by atoms with Crippen molar-refractivity contribution in [2.24, 2.45) is 5.92 Å². The van der Waals surface area contributed by atoms with Gasteiger partial charge in [-0.15, -0.1) is 0 Å². The number of ether oxygens (including phenoxy) is 1. The molecular weight excluding hydrogens is 605 g/mol. The van der Waals surface area contributed by atoms with Gasteiger partial charge in [0, 0.05) is 50.2 Å². The molecular formula is C34H36F5N5O2. The number of pyridine rings is 1. The summed E-state index contributed by atoms with van der Waals surface area (Å²) in [5.74, 6) is -4.95. The summed E-state index contributed by atoms with van der Waals surface area (Å²) in [7, 11) is 0. The van der Waals surface area contributed by atoms with Gasteiger partial charge in [-0.1, -0.05) is 19.9 Å². The zero-order chi connectivity index (χ0) is 32.4. The molecule has 0 amide bonds. The highest BCUT2D eigenvalue weighted by molar-refractivity contribution is 6.01. The molecule has 5 heterocycles. The van der Waals surface area contributed by atoms with Crippen molar-refractivity contribution in [1.29, 1.82) is 0 Å². The maximum atomic E-state index is 16.8. The molecule has 1 unspecified atom stereocenters. The lowest BCUT2D eigenvalue weighted by Crippen LogP contribution is -2.43. The van der Waals surface area contributed by atoms with Gasteiger partial charge in [0.2, 0.25) is 0 Å². The molecule has 3 atom stereocenters. The predicted molar refractivity (Wildman–Crippen MR) is 165 cm³/mol. The Morgan fingerprint density at radius 1 is 1.09 bits per heavy atom. The van der Waals surface area contributed by atoms with Gasteiger partial charge in [-0.05, 0) is 66.8 Å². The predicted octanol–water partition coefficient (Wildman–Crippen LogP) is 7.22. The van der Waals surface area contributed by atoms with Crippen molar-refractivity contribution >= 4 is 27.5 Å². The van der Waals surface area contributed by atoms with E-state index in [9.17, 15) is 22.7 Å². The Labute approximate surface area is 263 Å². The summed E-state index contributed by atoms with van der Waals surface area (Å²) >= 11 is 0. The Balaban J connectivity index is 1.37. The van der Waals surface area contributed by atoms with E-state index in [2.05, 4.69) is 19.9 Å². The molecule has 244 valence electrons. The SMILES string of the molecule is CCc1c(F)ccc2cc(O)cc(-c3ncc4c(N5CCC(C)C(F)(F)CC5)nc(OC[C@@]56CCCN5C[C@H](F)C6)nc4c3F)c12. The number of hydrogen-bond donors (Lipinski definition) is 1. The first-order valence-electron chi connectivity index (χ1n) is 15.9. The van der Waals surface area contributed by atoms with Gasteiger partial charge in [0.1, 0.15) is 41.4 Å². The number of nitrogens with zero attached hydrogens (tertiary/aromatic N) is 5. The zero-order valence-corrected chi connectivity index (χ0v) is 25.8. The summed E-state index contributed by atoms with van der Waals surface area (Å²) in [6, 6.07) is 5.51. The normalized spacial score (nSPS) is 24.9. The van der Waals surface area contributed by atoms with Crippen LogP contribution in [0.1, 0.15) is 51.5 Å². The smallest absolute Gasteiger partial charge is 0.319 e. The number of aromatic nitrogens is 3. The lowest BCUT2D eigenvalue weighted by atomic mass is 9.94. The lowest BCUT2D eigenvalue weighted by Gasteiger charge is -2.31. The summed E-state index contributed by atoms with van der Waals surface area (Å²) in [6.45, 7) is 4.72. The van der Waals surface area contributed by atoms with Crippen molar-refractivity contribution in [2.75, 3.05) is 37.7 Å². The van der Waals surface area contributed by atoms with Crippen LogP contribution < -0.4 is 9.64 Å². The van der Waals surface area contributed by atoms with Crippen LogP contribution in [0, 0.1) is 17.6 Å². The number of aryl methyl sites for hydroxylation is 1. The number of benzene rings is 2. The summed E-state index contributed by atoms with van der Waals surface area (Å²) in [5.41, 5.74) is -0.269. The molecule has 7 nitrogen and oxygen atoms in total. The molecule has 0 saturated carbocycles. The molecule has 3 aliphatic heterocycles. The van der Waals surface area contributed by atoms with E-state index in [1.165, 1.54) is 37.4 Å². The molecule has 0 radical (unpaired) electrons. The Hall–Kier alpha value is -3.80. The van der Waals surface area contributed by atoms with Crippen molar-refractivity contribution in [3.8, 4) is 23.0 Å². The quantitative estimate of drug-likeness (QED) is 0.223. The first-order chi connectivity index (χ1) is 22.0. The third-order valence-electron chi connectivity index (χ3n) is 10.2. The van der Waals surface area contributed by atoms with Crippen LogP contribution in [0.2, 0.25) is 0 Å². The summed E-state index contributed by atoms with van der Waals surface area (Å²) in [5, 5.41) is 11.7. The molecule has 0 spiro atoms. The highest BCUT2D eigenvalue weighted by atomic mass is 19.3. The number of aromatic hydroxyl groups is 1. The van der Waals surface area contributed by atoms with E-state index in [0.29, 0.717) is 35.7 Å². The van der Waals surface area contributed by atoms with E-state index in [4.69, 9.17) is 4.74 Å². The highest BCUT2D eigenvalue weighted by Gasteiger charge is 2.49. The number of alkyl halides is 3. The van der Waals surface area contributed by atoms with Gasteiger partial charge in [0.05, 0.1) is 10.9 Å². The number of phenolic OH excluding ortho intramolecular Hbond substituents is 1. The monoisotopic (exact) mass is 641 g/mol. The average Bonchev–Trinajstić information content (AvgIpc) is 3.51. The number of phenols is 1. The van der Waals surface area contributed by atoms with Crippen LogP contribution in [0.25, 0.3) is 32.9 Å². The maximum Gasteiger partial charge on any atom is 0.319 e. The van der Waals surface area contributed by atoms with Crippen LogP contribution in [0.4, 0.5) is 27.8 Å². The van der Waals surface area contributed by atoms with Crippen LogP contribution in [0.3, 0.4) is 0 Å². The molecule has 3 aliphatic rings. The van der Waals surface area contributed by atoms with E-state index >= 15 is 4.39 Å². The molecule has 12 heteroatoms. The third kappa shape index (κ3) is 5.18. The number of fused-ring (bicyclic) bond motifs is 3. The fraction of sp³-hybridized carbons (Fsp3) is 0.500. The Morgan fingerprint density at radius 2 is 1.91 bits per heavy atom. The number of halogens is 5. The Bertz CT molecular complexity index is 1820. The molecule has 4 aromatic rings. The fourth-order valence-electron chi connectivity index (χ4n) is 7.61. The molecule has 0 aliphatic carbocycles. The van der Waals surface area contributed by atoms with Crippen molar-refractivity contribution in [2.45, 2.75) is 70.0 Å². The van der Waals surface area contributed by atoms with Crippen molar-refractivity contribution in [1.82, 2.24) is 19.9 Å². The minimum atomic E-state index is -2.87. The summed E-state index contributed by atoms with van der Waals surface area (Å²) in [6.07, 6.45) is 2.49. The summed E-state index contributed by atoms with van der Waals surface area (Å²) < 4.78 is 81.7. The standard InChI is InChI=1S/C34H36F5N5O2/c1-3-23-26(36)6-5-20-13-22(45)14-24(27(20)23)29-28(37)30-25(16-40-29)31(43-11-7-19(2)34(38,39)9-12-43)42-32(41-30)46-18-33-8-4-10-44(33)17-21(35)15-33/h5-6,13-14,16,19,21,45H,3-4,7-12,15,17-18H2,1-2H3/t19?,21-,33+/m1/s1. The number of hydrogen-bond acceptors (Lipinski definition) is 7. The van der Waals surface area contributed by atoms with Crippen molar-refractivity contribution in [3.63, 3.8) is 0 Å². The van der Waals surface area contributed by atoms with E-state index in [1.54, 1.807) is 11.8 Å². The summed E-state index contributed by atoms with van der Waals surface area (Å²) in [4.78, 5) is 17.3. The van der Waals surface area contributed by atoms with Gasteiger partial charge in [0.15, 0.2) is 5.82 Å². The molecule has 0 bridgehead atoms. The molecule has 3 fully saturated rings. The molecule has 46 heavy (non-hydrogen) atoms. The zero-order valence-electron chi connectivity index (χ0n) is 25.8. The van der Waals surface area contributed by atoms with Gasteiger partial charge in [-0.2, -0.15) is 9.97 Å². The lowest BCUT2D eigenvalue weighted by molar-refractivity contribution is -0.0532. The van der Waals surface area contributed by atoms with Gasteiger partial charge in [-0.25, -0.2) is 22.0 Å². The Morgan fingerprint density at radius 3 is 2.72 bits per heavy atom.